The molecule has 3 atom stereocenters. The monoisotopic (exact) mass is 238 g/mol. The van der Waals surface area contributed by atoms with Crippen LogP contribution in [0.1, 0.15) is 52.4 Å². The summed E-state index contributed by atoms with van der Waals surface area (Å²) < 4.78 is 0. The third kappa shape index (κ3) is 3.96. The zero-order chi connectivity index (χ0) is 12.1. The lowest BCUT2D eigenvalue weighted by molar-refractivity contribution is 0.148. The van der Waals surface area contributed by atoms with Crippen LogP contribution in [0.4, 0.5) is 0 Å². The molecule has 0 amide bonds. The quantitative estimate of drug-likeness (QED) is 0.813. The van der Waals surface area contributed by atoms with Crippen molar-refractivity contribution < 1.29 is 0 Å². The summed E-state index contributed by atoms with van der Waals surface area (Å²) in [5, 5.41) is 3.60. The second-order valence-corrected chi connectivity index (χ2v) is 6.27. The van der Waals surface area contributed by atoms with Crippen molar-refractivity contribution in [2.45, 2.75) is 58.4 Å². The topological polar surface area (TPSA) is 15.3 Å². The second kappa shape index (κ2) is 6.75. The summed E-state index contributed by atoms with van der Waals surface area (Å²) in [6.45, 7) is 9.86. The average molecular weight is 238 g/mol. The molecule has 17 heavy (non-hydrogen) atoms. The first-order valence-corrected chi connectivity index (χ1v) is 7.74. The molecule has 0 radical (unpaired) electrons. The first-order chi connectivity index (χ1) is 8.29. The number of rotatable bonds is 3. The van der Waals surface area contributed by atoms with Gasteiger partial charge in [0, 0.05) is 12.6 Å². The molecule has 0 bridgehead atoms. The van der Waals surface area contributed by atoms with Gasteiger partial charge in [-0.2, -0.15) is 0 Å². The van der Waals surface area contributed by atoms with Crippen molar-refractivity contribution in [1.29, 1.82) is 0 Å². The van der Waals surface area contributed by atoms with Crippen LogP contribution in [0.5, 0.6) is 0 Å². The van der Waals surface area contributed by atoms with Crippen molar-refractivity contribution in [1.82, 2.24) is 10.2 Å². The molecule has 2 aliphatic rings. The second-order valence-electron chi connectivity index (χ2n) is 6.27. The van der Waals surface area contributed by atoms with E-state index >= 15 is 0 Å². The van der Waals surface area contributed by atoms with Crippen LogP contribution in [0.15, 0.2) is 0 Å². The molecular weight excluding hydrogens is 208 g/mol. The van der Waals surface area contributed by atoms with E-state index < -0.39 is 0 Å². The van der Waals surface area contributed by atoms with Crippen LogP contribution < -0.4 is 5.32 Å². The average Bonchev–Trinajstić information content (AvgIpc) is 2.55. The van der Waals surface area contributed by atoms with Gasteiger partial charge >= 0.3 is 0 Å². The van der Waals surface area contributed by atoms with E-state index in [0.717, 1.165) is 17.9 Å². The molecule has 0 saturated carbocycles. The maximum Gasteiger partial charge on any atom is 0.0223 e. The predicted octanol–water partition coefficient (Wildman–Crippen LogP) is 2.89. The Morgan fingerprint density at radius 1 is 1.18 bits per heavy atom. The van der Waals surface area contributed by atoms with E-state index in [1.54, 1.807) is 0 Å². The van der Waals surface area contributed by atoms with Gasteiger partial charge in [-0.3, -0.25) is 4.90 Å². The van der Waals surface area contributed by atoms with Gasteiger partial charge in [0.15, 0.2) is 0 Å². The SMILES string of the molecule is CCCC1CCCN(C2CNCC(C)C2)CC1. The molecule has 0 spiro atoms. The molecule has 2 nitrogen and oxygen atoms in total. The Balaban J connectivity index is 1.81. The minimum absolute atomic E-state index is 0.819. The van der Waals surface area contributed by atoms with Gasteiger partial charge in [-0.05, 0) is 57.2 Å². The predicted molar refractivity (Wildman–Crippen MR) is 74.3 cm³/mol. The molecule has 3 unspecified atom stereocenters. The van der Waals surface area contributed by atoms with Crippen LogP contribution in [0.3, 0.4) is 0 Å². The van der Waals surface area contributed by atoms with Crippen LogP contribution in [-0.4, -0.2) is 37.1 Å². The van der Waals surface area contributed by atoms with E-state index in [-0.39, 0.29) is 0 Å². The first-order valence-electron chi connectivity index (χ1n) is 7.74. The Bertz CT molecular complexity index is 217. The first kappa shape index (κ1) is 13.4. The summed E-state index contributed by atoms with van der Waals surface area (Å²) >= 11 is 0. The van der Waals surface area contributed by atoms with E-state index in [0.29, 0.717) is 0 Å². The van der Waals surface area contributed by atoms with Gasteiger partial charge in [0.25, 0.3) is 0 Å². The summed E-state index contributed by atoms with van der Waals surface area (Å²) in [6, 6.07) is 0.819. The fourth-order valence-electron chi connectivity index (χ4n) is 3.66. The van der Waals surface area contributed by atoms with E-state index in [9.17, 15) is 0 Å². The molecule has 2 heteroatoms. The summed E-state index contributed by atoms with van der Waals surface area (Å²) in [5.41, 5.74) is 0. The van der Waals surface area contributed by atoms with Gasteiger partial charge < -0.3 is 5.32 Å². The highest BCUT2D eigenvalue weighted by Crippen LogP contribution is 2.25. The van der Waals surface area contributed by atoms with Crippen molar-refractivity contribution in [2.75, 3.05) is 26.2 Å². The van der Waals surface area contributed by atoms with E-state index in [1.807, 2.05) is 0 Å². The Morgan fingerprint density at radius 2 is 2.06 bits per heavy atom. The van der Waals surface area contributed by atoms with Crippen molar-refractivity contribution in [3.05, 3.63) is 0 Å². The van der Waals surface area contributed by atoms with Crippen LogP contribution in [0.25, 0.3) is 0 Å². The minimum Gasteiger partial charge on any atom is -0.315 e. The summed E-state index contributed by atoms with van der Waals surface area (Å²) in [6.07, 6.45) is 8.57. The summed E-state index contributed by atoms with van der Waals surface area (Å²) in [4.78, 5) is 2.78. The van der Waals surface area contributed by atoms with E-state index in [1.165, 1.54) is 64.7 Å². The number of hydrogen-bond acceptors (Lipinski definition) is 2. The summed E-state index contributed by atoms with van der Waals surface area (Å²) in [7, 11) is 0. The molecule has 2 saturated heterocycles. The van der Waals surface area contributed by atoms with Crippen molar-refractivity contribution in [3.8, 4) is 0 Å². The summed E-state index contributed by atoms with van der Waals surface area (Å²) in [5.74, 6) is 1.88. The Hall–Kier alpha value is -0.0800. The third-order valence-corrected chi connectivity index (χ3v) is 4.64. The lowest BCUT2D eigenvalue weighted by Crippen LogP contribution is -2.48. The highest BCUT2D eigenvalue weighted by Gasteiger charge is 2.26. The number of nitrogens with one attached hydrogen (secondary N) is 1. The van der Waals surface area contributed by atoms with Gasteiger partial charge in [-0.1, -0.05) is 26.7 Å². The molecule has 2 fully saturated rings. The lowest BCUT2D eigenvalue weighted by Gasteiger charge is -2.36. The van der Waals surface area contributed by atoms with Crippen LogP contribution in [-0.2, 0) is 0 Å². The van der Waals surface area contributed by atoms with E-state index in [4.69, 9.17) is 0 Å². The molecule has 1 N–H and O–H groups in total. The van der Waals surface area contributed by atoms with Crippen molar-refractivity contribution in [2.24, 2.45) is 11.8 Å². The molecule has 0 aliphatic carbocycles. The zero-order valence-corrected chi connectivity index (χ0v) is 11.8. The fourth-order valence-corrected chi connectivity index (χ4v) is 3.66. The van der Waals surface area contributed by atoms with Gasteiger partial charge in [-0.15, -0.1) is 0 Å². The van der Waals surface area contributed by atoms with Crippen molar-refractivity contribution in [3.63, 3.8) is 0 Å². The molecule has 2 aliphatic heterocycles. The van der Waals surface area contributed by atoms with Gasteiger partial charge in [0.05, 0.1) is 0 Å². The number of piperidine rings is 1. The normalized spacial score (nSPS) is 36.7. The standard InChI is InChI=1S/C15H30N2/c1-3-5-14-6-4-8-17(9-7-14)15-10-13(2)11-16-12-15/h13-16H,3-12H2,1-2H3. The molecule has 0 aromatic rings. The maximum absolute atomic E-state index is 3.60. The van der Waals surface area contributed by atoms with Gasteiger partial charge in [-0.25, -0.2) is 0 Å². The maximum atomic E-state index is 3.60. The molecule has 0 aromatic heterocycles. The van der Waals surface area contributed by atoms with Crippen LogP contribution in [0.2, 0.25) is 0 Å². The number of likely N-dealkylation sites (tertiary alicyclic amines) is 1. The Morgan fingerprint density at radius 3 is 2.82 bits per heavy atom. The van der Waals surface area contributed by atoms with Crippen LogP contribution >= 0.6 is 0 Å². The van der Waals surface area contributed by atoms with Gasteiger partial charge in [0.2, 0.25) is 0 Å². The molecular formula is C15H30N2. The molecule has 0 aromatic carbocycles. The van der Waals surface area contributed by atoms with Gasteiger partial charge in [0.1, 0.15) is 0 Å². The number of nitrogens with zero attached hydrogens (tertiary/aromatic N) is 1. The largest absolute Gasteiger partial charge is 0.315 e. The van der Waals surface area contributed by atoms with E-state index in [2.05, 4.69) is 24.1 Å². The Kier molecular flexibility index (Phi) is 5.30. The zero-order valence-electron chi connectivity index (χ0n) is 11.8. The highest BCUT2D eigenvalue weighted by molar-refractivity contribution is 4.83. The highest BCUT2D eigenvalue weighted by atomic mass is 15.2. The molecule has 2 heterocycles. The number of hydrogen-bond donors (Lipinski definition) is 1. The minimum atomic E-state index is 0.819. The van der Waals surface area contributed by atoms with Crippen LogP contribution in [0, 0.1) is 11.8 Å². The Labute approximate surface area is 107 Å². The fraction of sp³-hybridized carbons (Fsp3) is 1.00. The lowest BCUT2D eigenvalue weighted by atomic mass is 9.95. The smallest absolute Gasteiger partial charge is 0.0223 e. The molecule has 2 rings (SSSR count). The third-order valence-electron chi connectivity index (χ3n) is 4.64. The molecule has 100 valence electrons. The van der Waals surface area contributed by atoms with Crippen molar-refractivity contribution >= 4 is 0 Å².